The van der Waals surface area contributed by atoms with Crippen LogP contribution in [0.3, 0.4) is 0 Å². The lowest BCUT2D eigenvalue weighted by Crippen LogP contribution is -2.31. The highest BCUT2D eigenvalue weighted by atomic mass is 35.5. The molecule has 0 saturated heterocycles. The average Bonchev–Trinajstić information content (AvgIpc) is 3.30. The number of hydrogen-bond acceptors (Lipinski definition) is 5. The van der Waals surface area contributed by atoms with Crippen LogP contribution in [0.25, 0.3) is 0 Å². The summed E-state index contributed by atoms with van der Waals surface area (Å²) in [4.78, 5) is 13.3. The fourth-order valence-corrected chi connectivity index (χ4v) is 4.62. The van der Waals surface area contributed by atoms with Gasteiger partial charge in [0.1, 0.15) is 17.5 Å². The molecule has 0 radical (unpaired) electrons. The van der Waals surface area contributed by atoms with Gasteiger partial charge in [-0.1, -0.05) is 30.7 Å². The third-order valence-corrected chi connectivity index (χ3v) is 6.29. The van der Waals surface area contributed by atoms with Gasteiger partial charge < -0.3 is 24.8 Å². The van der Waals surface area contributed by atoms with Crippen molar-refractivity contribution in [2.24, 2.45) is 11.8 Å². The molecule has 3 N–H and O–H groups in total. The number of aliphatic hydroxyl groups is 1. The van der Waals surface area contributed by atoms with Crippen LogP contribution in [0.5, 0.6) is 17.4 Å². The van der Waals surface area contributed by atoms with Crippen LogP contribution in [-0.4, -0.2) is 36.1 Å². The van der Waals surface area contributed by atoms with E-state index < -0.39 is 11.6 Å². The van der Waals surface area contributed by atoms with Gasteiger partial charge in [0.05, 0.1) is 23.4 Å². The summed E-state index contributed by atoms with van der Waals surface area (Å²) in [6, 6.07) is 9.60. The van der Waals surface area contributed by atoms with E-state index in [0.29, 0.717) is 47.1 Å². The summed E-state index contributed by atoms with van der Waals surface area (Å²) in [6.45, 7) is 5.89. The van der Waals surface area contributed by atoms with E-state index in [1.807, 2.05) is 6.07 Å². The molecule has 1 amide bonds. The van der Waals surface area contributed by atoms with Gasteiger partial charge in [-0.3, -0.25) is 9.48 Å². The zero-order valence-electron chi connectivity index (χ0n) is 19.6. The number of rotatable bonds is 9. The normalized spacial score (nSPS) is 18.9. The van der Waals surface area contributed by atoms with Gasteiger partial charge in [-0.2, -0.15) is 5.10 Å². The number of aromatic nitrogens is 3. The lowest BCUT2D eigenvalue weighted by molar-refractivity contribution is -0.120. The molecule has 1 aliphatic carbocycles. The maximum absolute atomic E-state index is 13.3. The van der Waals surface area contributed by atoms with E-state index in [-0.39, 0.29) is 11.8 Å². The van der Waals surface area contributed by atoms with Crippen LogP contribution in [0.15, 0.2) is 48.8 Å². The Morgan fingerprint density at radius 3 is 2.74 bits per heavy atom. The van der Waals surface area contributed by atoms with E-state index in [1.165, 1.54) is 6.07 Å². The van der Waals surface area contributed by atoms with Crippen LogP contribution in [0.2, 0.25) is 5.02 Å². The Kier molecular flexibility index (Phi) is 6.91. The Hall–Kier alpha value is -2.97. The minimum absolute atomic E-state index is 0.0675. The minimum Gasteiger partial charge on any atom is -0.494 e. The van der Waals surface area contributed by atoms with Crippen LogP contribution in [0.4, 0.5) is 5.82 Å². The molecule has 0 bridgehead atoms. The largest absolute Gasteiger partial charge is 0.494 e. The van der Waals surface area contributed by atoms with Crippen LogP contribution in [0, 0.1) is 11.8 Å². The third-order valence-electron chi connectivity index (χ3n) is 5.97. The fraction of sp³-hybridized carbons (Fsp3) is 0.440. The fourth-order valence-electron chi connectivity index (χ4n) is 4.45. The minimum atomic E-state index is -0.925. The molecule has 8 nitrogen and oxygen atoms in total. The van der Waals surface area contributed by atoms with Gasteiger partial charge >= 0.3 is 0 Å². The number of para-hydroxylation sites is 1. The summed E-state index contributed by atoms with van der Waals surface area (Å²) in [7, 11) is 0. The first-order valence-corrected chi connectivity index (χ1v) is 11.8. The molecule has 1 saturated carbocycles. The van der Waals surface area contributed by atoms with Gasteiger partial charge in [0.25, 0.3) is 0 Å². The van der Waals surface area contributed by atoms with Crippen molar-refractivity contribution in [1.29, 1.82) is 0 Å². The van der Waals surface area contributed by atoms with Crippen LogP contribution < -0.4 is 10.1 Å². The second-order valence-corrected chi connectivity index (χ2v) is 10.3. The summed E-state index contributed by atoms with van der Waals surface area (Å²) < 4.78 is 8.97. The molecule has 182 valence electrons. The number of nitrogens with one attached hydrogen (secondary N) is 1. The van der Waals surface area contributed by atoms with Crippen LogP contribution in [-0.2, 0) is 11.3 Å². The maximum atomic E-state index is 13.3. The molecule has 1 fully saturated rings. The lowest BCUT2D eigenvalue weighted by atomic mass is 9.73. The average molecular weight is 487 g/mol. The topological polar surface area (TPSA) is 102 Å². The number of nitrogens with zero attached hydrogens (tertiary/aromatic N) is 3. The van der Waals surface area contributed by atoms with Gasteiger partial charge in [0.15, 0.2) is 11.7 Å². The quantitative estimate of drug-likeness (QED) is 0.384. The predicted octanol–water partition coefficient (Wildman–Crippen LogP) is 5.22. The number of ether oxygens (including phenoxy) is 1. The first-order valence-electron chi connectivity index (χ1n) is 11.5. The first-order chi connectivity index (χ1) is 16.1. The Morgan fingerprint density at radius 2 is 2.06 bits per heavy atom. The molecule has 9 heteroatoms. The van der Waals surface area contributed by atoms with Crippen molar-refractivity contribution in [3.8, 4) is 17.4 Å². The number of hydrogen-bond donors (Lipinski definition) is 3. The number of carbonyl (C=O) groups excluding carboxylic acids is 1. The van der Waals surface area contributed by atoms with E-state index >= 15 is 0 Å². The number of amides is 1. The van der Waals surface area contributed by atoms with E-state index in [4.69, 9.17) is 16.3 Å². The van der Waals surface area contributed by atoms with Crippen molar-refractivity contribution in [1.82, 2.24) is 14.3 Å². The number of benzene rings is 1. The highest BCUT2D eigenvalue weighted by Gasteiger charge is 2.33. The molecule has 4 rings (SSSR count). The predicted molar refractivity (Wildman–Crippen MR) is 130 cm³/mol. The second kappa shape index (κ2) is 9.72. The Labute approximate surface area is 204 Å². The lowest BCUT2D eigenvalue weighted by Gasteiger charge is -2.35. The number of anilines is 1. The van der Waals surface area contributed by atoms with Crippen LogP contribution >= 0.6 is 11.6 Å². The van der Waals surface area contributed by atoms with Crippen LogP contribution in [0.1, 0.15) is 46.1 Å². The van der Waals surface area contributed by atoms with Gasteiger partial charge in [-0.25, -0.2) is 0 Å². The zero-order valence-corrected chi connectivity index (χ0v) is 20.4. The molecular formula is C25H31ClN4O4. The molecule has 0 spiro atoms. The van der Waals surface area contributed by atoms with E-state index in [1.54, 1.807) is 59.8 Å². The number of carbonyl (C=O) groups is 1. The summed E-state index contributed by atoms with van der Waals surface area (Å²) >= 11 is 6.19. The molecule has 1 atom stereocenters. The summed E-state index contributed by atoms with van der Waals surface area (Å²) in [6.07, 6.45) is 6.02. The molecule has 1 unspecified atom stereocenters. The van der Waals surface area contributed by atoms with Gasteiger partial charge in [-0.05, 0) is 57.1 Å². The molecule has 2 aromatic heterocycles. The number of aromatic hydroxyl groups is 1. The Balaban J connectivity index is 1.53. The van der Waals surface area contributed by atoms with Crippen molar-refractivity contribution in [3.05, 3.63) is 53.8 Å². The highest BCUT2D eigenvalue weighted by molar-refractivity contribution is 6.32. The van der Waals surface area contributed by atoms with E-state index in [9.17, 15) is 15.0 Å². The molecule has 1 aromatic carbocycles. The smallest absolute Gasteiger partial charge is 0.248 e. The molecule has 34 heavy (non-hydrogen) atoms. The monoisotopic (exact) mass is 486 g/mol. The first kappa shape index (κ1) is 24.2. The van der Waals surface area contributed by atoms with Crippen molar-refractivity contribution < 1.29 is 19.7 Å². The zero-order chi connectivity index (χ0) is 24.5. The molecule has 3 aromatic rings. The van der Waals surface area contributed by atoms with Crippen molar-refractivity contribution in [2.75, 3.05) is 5.32 Å². The highest BCUT2D eigenvalue weighted by Crippen LogP contribution is 2.41. The molecular weight excluding hydrogens is 456 g/mol. The summed E-state index contributed by atoms with van der Waals surface area (Å²) in [5, 5.41) is 28.3. The van der Waals surface area contributed by atoms with Crippen molar-refractivity contribution in [2.45, 2.75) is 58.2 Å². The van der Waals surface area contributed by atoms with Crippen molar-refractivity contribution >= 4 is 23.3 Å². The SMILES string of the molecule is CC1CC(CC(C(=O)Nc2ccn(CC(C)(C)O)n2)n2cc(Oc3ccccc3Cl)cc2O)C1. The maximum Gasteiger partial charge on any atom is 0.248 e. The Bertz CT molecular complexity index is 1140. The number of halogens is 1. The van der Waals surface area contributed by atoms with Gasteiger partial charge in [0, 0.05) is 18.3 Å². The van der Waals surface area contributed by atoms with E-state index in [0.717, 1.165) is 12.8 Å². The summed E-state index contributed by atoms with van der Waals surface area (Å²) in [5.41, 5.74) is -0.925. The molecule has 0 aliphatic heterocycles. The second-order valence-electron chi connectivity index (χ2n) is 9.87. The molecule has 2 heterocycles. The van der Waals surface area contributed by atoms with Gasteiger partial charge in [0.2, 0.25) is 5.91 Å². The van der Waals surface area contributed by atoms with Gasteiger partial charge in [-0.15, -0.1) is 0 Å². The standard InChI is InChI=1S/C25H31ClN4O4/c1-16-10-17(11-16)12-20(24(32)27-22-8-9-29(28-22)15-25(2,3)33)30-14-18(13-23(30)31)34-21-7-5-4-6-19(21)26/h4-9,13-14,16-17,20,31,33H,10-12,15H2,1-3H3,(H,27,28,32). The molecule has 1 aliphatic rings. The van der Waals surface area contributed by atoms with E-state index in [2.05, 4.69) is 17.3 Å². The Morgan fingerprint density at radius 1 is 1.32 bits per heavy atom. The van der Waals surface area contributed by atoms with Crippen molar-refractivity contribution in [3.63, 3.8) is 0 Å². The summed E-state index contributed by atoms with van der Waals surface area (Å²) in [5.74, 6) is 1.94. The third kappa shape index (κ3) is 5.93.